The van der Waals surface area contributed by atoms with Crippen LogP contribution in [0.25, 0.3) is 0 Å². The second kappa shape index (κ2) is 6.91. The summed E-state index contributed by atoms with van der Waals surface area (Å²) >= 11 is 7.87. The van der Waals surface area contributed by atoms with E-state index in [9.17, 15) is 0 Å². The number of nitrogens with zero attached hydrogens (tertiary/aromatic N) is 1. The molecule has 4 heteroatoms. The lowest BCUT2D eigenvalue weighted by Crippen LogP contribution is -2.18. The first kappa shape index (κ1) is 16.5. The Balaban J connectivity index is 2.26. The molecule has 0 bridgehead atoms. The highest BCUT2D eigenvalue weighted by Gasteiger charge is 2.22. The van der Waals surface area contributed by atoms with Gasteiger partial charge in [-0.05, 0) is 24.2 Å². The molecule has 2 rings (SSSR count). The fraction of sp³-hybridized carbons (Fsp3) is 0.471. The number of hydrogen-bond acceptors (Lipinski definition) is 3. The van der Waals surface area contributed by atoms with Crippen LogP contribution in [0.2, 0.25) is 5.02 Å². The minimum Gasteiger partial charge on any atom is -0.312 e. The molecular formula is C17H23ClN2S. The first-order valence-electron chi connectivity index (χ1n) is 7.34. The highest BCUT2D eigenvalue weighted by atomic mass is 35.5. The maximum atomic E-state index is 6.06. The van der Waals surface area contributed by atoms with Gasteiger partial charge in [0, 0.05) is 28.3 Å². The van der Waals surface area contributed by atoms with Crippen LogP contribution >= 0.6 is 22.9 Å². The summed E-state index contributed by atoms with van der Waals surface area (Å²) in [5, 5.41) is 5.36. The summed E-state index contributed by atoms with van der Waals surface area (Å²) in [7, 11) is 0. The summed E-state index contributed by atoms with van der Waals surface area (Å²) in [5.41, 5.74) is 2.51. The molecule has 1 heterocycles. The Bertz CT molecular complexity index is 599. The van der Waals surface area contributed by atoms with Gasteiger partial charge in [-0.3, -0.25) is 0 Å². The van der Waals surface area contributed by atoms with E-state index in [1.807, 2.05) is 29.5 Å². The number of halogens is 1. The molecule has 1 aromatic carbocycles. The standard InChI is InChI=1S/C17H23ClN2S/c1-5-19-11-14-16(17(2,3)4)20-15(21-14)10-12-7-6-8-13(18)9-12/h6-9,19H,5,10-11H2,1-4H3. The SMILES string of the molecule is CCNCc1sc(Cc2cccc(Cl)c2)nc1C(C)(C)C. The number of aromatic nitrogens is 1. The molecule has 0 fully saturated rings. The largest absolute Gasteiger partial charge is 0.312 e. The van der Waals surface area contributed by atoms with Gasteiger partial charge in [-0.15, -0.1) is 11.3 Å². The number of benzene rings is 1. The Morgan fingerprint density at radius 2 is 2.05 bits per heavy atom. The van der Waals surface area contributed by atoms with E-state index in [4.69, 9.17) is 16.6 Å². The van der Waals surface area contributed by atoms with Crippen molar-refractivity contribution >= 4 is 22.9 Å². The molecule has 0 spiro atoms. The van der Waals surface area contributed by atoms with Gasteiger partial charge in [-0.25, -0.2) is 4.98 Å². The Morgan fingerprint density at radius 3 is 2.67 bits per heavy atom. The quantitative estimate of drug-likeness (QED) is 0.855. The summed E-state index contributed by atoms with van der Waals surface area (Å²) in [5.74, 6) is 0. The molecule has 0 saturated carbocycles. The van der Waals surface area contributed by atoms with Crippen LogP contribution < -0.4 is 5.32 Å². The van der Waals surface area contributed by atoms with Gasteiger partial charge in [-0.1, -0.05) is 51.4 Å². The van der Waals surface area contributed by atoms with Crippen LogP contribution in [0.15, 0.2) is 24.3 Å². The second-order valence-electron chi connectivity index (χ2n) is 6.22. The van der Waals surface area contributed by atoms with Crippen molar-refractivity contribution in [1.82, 2.24) is 10.3 Å². The van der Waals surface area contributed by atoms with E-state index in [0.717, 1.165) is 29.5 Å². The van der Waals surface area contributed by atoms with Crippen LogP contribution in [0.4, 0.5) is 0 Å². The van der Waals surface area contributed by atoms with Crippen molar-refractivity contribution in [3.05, 3.63) is 50.4 Å². The molecule has 21 heavy (non-hydrogen) atoms. The van der Waals surface area contributed by atoms with Crippen LogP contribution in [-0.4, -0.2) is 11.5 Å². The summed E-state index contributed by atoms with van der Waals surface area (Å²) in [6, 6.07) is 8.03. The zero-order valence-electron chi connectivity index (χ0n) is 13.2. The zero-order chi connectivity index (χ0) is 15.5. The van der Waals surface area contributed by atoms with Gasteiger partial charge in [-0.2, -0.15) is 0 Å². The summed E-state index contributed by atoms with van der Waals surface area (Å²) < 4.78 is 0. The normalized spacial score (nSPS) is 11.9. The Morgan fingerprint density at radius 1 is 1.29 bits per heavy atom. The van der Waals surface area contributed by atoms with Gasteiger partial charge in [0.05, 0.1) is 10.7 Å². The highest BCUT2D eigenvalue weighted by Crippen LogP contribution is 2.30. The van der Waals surface area contributed by atoms with E-state index in [-0.39, 0.29) is 5.41 Å². The predicted molar refractivity (Wildman–Crippen MR) is 92.5 cm³/mol. The maximum absolute atomic E-state index is 6.06. The molecule has 0 saturated heterocycles. The first-order valence-corrected chi connectivity index (χ1v) is 8.54. The van der Waals surface area contributed by atoms with E-state index >= 15 is 0 Å². The lowest BCUT2D eigenvalue weighted by molar-refractivity contribution is 0.559. The van der Waals surface area contributed by atoms with Crippen molar-refractivity contribution in [2.45, 2.75) is 46.1 Å². The molecular weight excluding hydrogens is 300 g/mol. The smallest absolute Gasteiger partial charge is 0.0975 e. The van der Waals surface area contributed by atoms with Crippen molar-refractivity contribution in [1.29, 1.82) is 0 Å². The number of hydrogen-bond donors (Lipinski definition) is 1. The Kier molecular flexibility index (Phi) is 5.42. The van der Waals surface area contributed by atoms with Crippen molar-refractivity contribution in [2.24, 2.45) is 0 Å². The van der Waals surface area contributed by atoms with E-state index in [1.165, 1.54) is 16.1 Å². The summed E-state index contributed by atoms with van der Waals surface area (Å²) in [6.45, 7) is 10.7. The van der Waals surface area contributed by atoms with Crippen molar-refractivity contribution in [2.75, 3.05) is 6.54 Å². The fourth-order valence-corrected chi connectivity index (χ4v) is 3.74. The van der Waals surface area contributed by atoms with Gasteiger partial charge in [0.2, 0.25) is 0 Å². The molecule has 1 aromatic heterocycles. The van der Waals surface area contributed by atoms with E-state index < -0.39 is 0 Å². The average molecular weight is 323 g/mol. The van der Waals surface area contributed by atoms with Crippen LogP contribution in [0.5, 0.6) is 0 Å². The third kappa shape index (κ3) is 4.53. The van der Waals surface area contributed by atoms with E-state index in [1.54, 1.807) is 0 Å². The lowest BCUT2D eigenvalue weighted by atomic mass is 9.91. The van der Waals surface area contributed by atoms with Crippen LogP contribution in [0, 0.1) is 0 Å². The van der Waals surface area contributed by atoms with Crippen molar-refractivity contribution in [3.63, 3.8) is 0 Å². The third-order valence-electron chi connectivity index (χ3n) is 3.23. The van der Waals surface area contributed by atoms with Crippen molar-refractivity contribution in [3.8, 4) is 0 Å². The average Bonchev–Trinajstić information content (AvgIpc) is 2.79. The molecule has 0 radical (unpaired) electrons. The zero-order valence-corrected chi connectivity index (χ0v) is 14.7. The molecule has 0 unspecified atom stereocenters. The van der Waals surface area contributed by atoms with Crippen LogP contribution in [0.3, 0.4) is 0 Å². The third-order valence-corrected chi connectivity index (χ3v) is 4.52. The molecule has 1 N–H and O–H groups in total. The second-order valence-corrected chi connectivity index (χ2v) is 7.82. The molecule has 0 amide bonds. The minimum atomic E-state index is 0.0772. The molecule has 2 aromatic rings. The van der Waals surface area contributed by atoms with Gasteiger partial charge < -0.3 is 5.32 Å². The number of nitrogens with one attached hydrogen (secondary N) is 1. The number of rotatable bonds is 5. The monoisotopic (exact) mass is 322 g/mol. The molecule has 0 aliphatic heterocycles. The molecule has 2 nitrogen and oxygen atoms in total. The van der Waals surface area contributed by atoms with Crippen LogP contribution in [-0.2, 0) is 18.4 Å². The summed E-state index contributed by atoms with van der Waals surface area (Å²) in [6.07, 6.45) is 0.848. The molecule has 0 aliphatic carbocycles. The van der Waals surface area contributed by atoms with Gasteiger partial charge >= 0.3 is 0 Å². The maximum Gasteiger partial charge on any atom is 0.0975 e. The van der Waals surface area contributed by atoms with Crippen LogP contribution in [0.1, 0.15) is 48.8 Å². The van der Waals surface area contributed by atoms with E-state index in [0.29, 0.717) is 0 Å². The molecule has 114 valence electrons. The first-order chi connectivity index (χ1) is 9.90. The number of thiazole rings is 1. The van der Waals surface area contributed by atoms with Gasteiger partial charge in [0.1, 0.15) is 0 Å². The van der Waals surface area contributed by atoms with Gasteiger partial charge in [0.15, 0.2) is 0 Å². The minimum absolute atomic E-state index is 0.0772. The van der Waals surface area contributed by atoms with Gasteiger partial charge in [0.25, 0.3) is 0 Å². The Labute approximate surface area is 136 Å². The topological polar surface area (TPSA) is 24.9 Å². The Hall–Kier alpha value is -0.900. The predicted octanol–water partition coefficient (Wildman–Crippen LogP) is 4.79. The molecule has 0 atom stereocenters. The van der Waals surface area contributed by atoms with E-state index in [2.05, 4.69) is 39.1 Å². The fourth-order valence-electron chi connectivity index (χ4n) is 2.24. The molecule has 0 aliphatic rings. The highest BCUT2D eigenvalue weighted by molar-refractivity contribution is 7.11. The lowest BCUT2D eigenvalue weighted by Gasteiger charge is -2.17. The summed E-state index contributed by atoms with van der Waals surface area (Å²) in [4.78, 5) is 6.24. The van der Waals surface area contributed by atoms with Crippen molar-refractivity contribution < 1.29 is 0 Å².